The molecule has 1 aromatic carbocycles. The summed E-state index contributed by atoms with van der Waals surface area (Å²) >= 11 is 0. The maximum absolute atomic E-state index is 13.8. The molecule has 12 heteroatoms. The van der Waals surface area contributed by atoms with E-state index in [0.717, 1.165) is 29.1 Å². The number of nitrogens with one attached hydrogen (secondary N) is 2. The number of hydrogen-bond donors (Lipinski definition) is 2. The average molecular weight is 445 g/mol. The molecular formula is C20H14F3N5O4. The lowest BCUT2D eigenvalue weighted by molar-refractivity contribution is -0.286. The van der Waals surface area contributed by atoms with Crippen molar-refractivity contribution in [2.75, 3.05) is 0 Å². The van der Waals surface area contributed by atoms with Gasteiger partial charge in [0.05, 0.1) is 17.5 Å². The quantitative estimate of drug-likeness (QED) is 0.491. The number of hydrogen-bond acceptors (Lipinski definition) is 6. The van der Waals surface area contributed by atoms with Gasteiger partial charge in [-0.2, -0.15) is 14.0 Å². The van der Waals surface area contributed by atoms with Crippen LogP contribution in [0.3, 0.4) is 0 Å². The van der Waals surface area contributed by atoms with Crippen LogP contribution in [0.1, 0.15) is 24.3 Å². The summed E-state index contributed by atoms with van der Waals surface area (Å²) in [5, 5.41) is 4.10. The van der Waals surface area contributed by atoms with Crippen molar-refractivity contribution < 1.29 is 22.6 Å². The number of nitrogens with zero attached hydrogens (tertiary/aromatic N) is 3. The summed E-state index contributed by atoms with van der Waals surface area (Å²) < 4.78 is 47.7. The van der Waals surface area contributed by atoms with Crippen LogP contribution in [-0.4, -0.2) is 30.9 Å². The number of H-pyrrole nitrogens is 2. The number of imidazole rings is 1. The number of benzene rings is 1. The van der Waals surface area contributed by atoms with Crippen molar-refractivity contribution in [3.05, 3.63) is 75.1 Å². The topological polar surface area (TPSA) is 114 Å². The standard InChI is InChI=1S/C13H10FN5O2.C7H4F2O2/c14-10-5-15-11-7(6-1-2-6)3-9(18-19(10)11)8-4-16-13(21)17-12(8)20;8-7(9)10-5-3-1-2-4-6(5)11-7/h3-6H,1-2H2,(H2,16,17,20,21);1-4H. The molecule has 1 saturated carbocycles. The number of alkyl halides is 2. The summed E-state index contributed by atoms with van der Waals surface area (Å²) in [6.45, 7) is 0. The van der Waals surface area contributed by atoms with Gasteiger partial charge < -0.3 is 14.5 Å². The van der Waals surface area contributed by atoms with Gasteiger partial charge in [-0.25, -0.2) is 9.78 Å². The molecule has 32 heavy (non-hydrogen) atoms. The fourth-order valence-electron chi connectivity index (χ4n) is 3.29. The Morgan fingerprint density at radius 2 is 1.81 bits per heavy atom. The first kappa shape index (κ1) is 19.8. The molecule has 1 aliphatic carbocycles. The number of aromatic nitrogens is 5. The molecule has 0 unspecified atom stereocenters. The second-order valence-corrected chi connectivity index (χ2v) is 7.18. The van der Waals surface area contributed by atoms with E-state index < -0.39 is 23.5 Å². The lowest BCUT2D eigenvalue weighted by atomic mass is 10.1. The van der Waals surface area contributed by atoms with Crippen molar-refractivity contribution in [1.29, 1.82) is 0 Å². The van der Waals surface area contributed by atoms with Gasteiger partial charge >= 0.3 is 12.0 Å². The first-order chi connectivity index (χ1) is 15.3. The minimum Gasteiger partial charge on any atom is -0.395 e. The zero-order valence-corrected chi connectivity index (χ0v) is 16.1. The van der Waals surface area contributed by atoms with Crippen molar-refractivity contribution in [2.45, 2.75) is 25.1 Å². The lowest BCUT2D eigenvalue weighted by Crippen LogP contribution is -2.25. The Balaban J connectivity index is 0.000000165. The molecule has 0 radical (unpaired) electrons. The smallest absolute Gasteiger partial charge is 0.395 e. The summed E-state index contributed by atoms with van der Waals surface area (Å²) in [6.07, 6.45) is 0.908. The van der Waals surface area contributed by atoms with Gasteiger partial charge in [0.25, 0.3) is 5.56 Å². The van der Waals surface area contributed by atoms with Crippen molar-refractivity contribution in [2.24, 2.45) is 0 Å². The van der Waals surface area contributed by atoms with Gasteiger partial charge in [0.15, 0.2) is 17.1 Å². The van der Waals surface area contributed by atoms with Crippen LogP contribution in [0.2, 0.25) is 0 Å². The van der Waals surface area contributed by atoms with Crippen molar-refractivity contribution in [3.8, 4) is 22.8 Å². The van der Waals surface area contributed by atoms with Crippen molar-refractivity contribution >= 4 is 5.65 Å². The van der Waals surface area contributed by atoms with E-state index in [9.17, 15) is 22.8 Å². The van der Waals surface area contributed by atoms with E-state index in [2.05, 4.69) is 29.5 Å². The Hall–Kier alpha value is -4.09. The average Bonchev–Trinajstić information content (AvgIpc) is 3.45. The van der Waals surface area contributed by atoms with Crippen LogP contribution in [0.15, 0.2) is 52.3 Å². The molecule has 3 aromatic heterocycles. The van der Waals surface area contributed by atoms with Gasteiger partial charge in [-0.05, 0) is 37.0 Å². The van der Waals surface area contributed by atoms with Crippen LogP contribution in [0, 0.1) is 5.95 Å². The molecule has 0 saturated heterocycles. The van der Waals surface area contributed by atoms with Crippen LogP contribution in [0.5, 0.6) is 11.5 Å². The Labute approximate surface area is 176 Å². The van der Waals surface area contributed by atoms with Crippen molar-refractivity contribution in [1.82, 2.24) is 24.6 Å². The highest BCUT2D eigenvalue weighted by atomic mass is 19.3. The molecule has 0 spiro atoms. The Kier molecular flexibility index (Phi) is 4.50. The maximum Gasteiger partial charge on any atom is 0.586 e. The third-order valence-corrected chi connectivity index (χ3v) is 4.87. The molecule has 164 valence electrons. The molecule has 2 aliphatic rings. The number of aromatic amines is 2. The molecule has 4 heterocycles. The number of halogens is 3. The number of ether oxygens (including phenoxy) is 2. The Morgan fingerprint density at radius 1 is 1.12 bits per heavy atom. The van der Waals surface area contributed by atoms with Gasteiger partial charge in [0, 0.05) is 11.8 Å². The van der Waals surface area contributed by atoms with E-state index in [-0.39, 0.29) is 17.1 Å². The van der Waals surface area contributed by atoms with E-state index >= 15 is 0 Å². The monoisotopic (exact) mass is 445 g/mol. The molecule has 0 bridgehead atoms. The molecule has 2 N–H and O–H groups in total. The fourth-order valence-corrected chi connectivity index (χ4v) is 3.29. The van der Waals surface area contributed by atoms with E-state index in [0.29, 0.717) is 17.3 Å². The predicted octanol–water partition coefficient (Wildman–Crippen LogP) is 2.80. The third kappa shape index (κ3) is 3.70. The summed E-state index contributed by atoms with van der Waals surface area (Å²) in [6, 6.07) is 7.79. The highest BCUT2D eigenvalue weighted by molar-refractivity contribution is 5.62. The first-order valence-corrected chi connectivity index (χ1v) is 9.52. The van der Waals surface area contributed by atoms with Crippen LogP contribution in [0.25, 0.3) is 16.9 Å². The van der Waals surface area contributed by atoms with E-state index in [4.69, 9.17) is 0 Å². The maximum atomic E-state index is 13.8. The summed E-state index contributed by atoms with van der Waals surface area (Å²) in [4.78, 5) is 31.5. The van der Waals surface area contributed by atoms with Crippen LogP contribution in [0.4, 0.5) is 13.2 Å². The zero-order chi connectivity index (χ0) is 22.5. The van der Waals surface area contributed by atoms with Crippen LogP contribution >= 0.6 is 0 Å². The number of rotatable bonds is 2. The SMILES string of the molecule is FC1(F)Oc2ccccc2O1.O=c1[nH]cc(-c2cc(C3CC3)c3ncc(F)n3n2)c(=O)[nH]1. The molecular weight excluding hydrogens is 431 g/mol. The van der Waals surface area contributed by atoms with Gasteiger partial charge in [-0.15, -0.1) is 8.78 Å². The van der Waals surface area contributed by atoms with E-state index in [1.165, 1.54) is 18.3 Å². The van der Waals surface area contributed by atoms with Crippen LogP contribution < -0.4 is 20.7 Å². The molecule has 6 rings (SSSR count). The Bertz CT molecular complexity index is 1410. The molecule has 0 amide bonds. The molecule has 0 atom stereocenters. The minimum absolute atomic E-state index is 0.0810. The minimum atomic E-state index is -3.50. The zero-order valence-electron chi connectivity index (χ0n) is 16.1. The third-order valence-electron chi connectivity index (χ3n) is 4.87. The summed E-state index contributed by atoms with van der Waals surface area (Å²) in [5.41, 5.74) is 0.674. The van der Waals surface area contributed by atoms with Crippen LogP contribution in [-0.2, 0) is 0 Å². The largest absolute Gasteiger partial charge is 0.586 e. The Morgan fingerprint density at radius 3 is 2.44 bits per heavy atom. The molecule has 1 fully saturated rings. The van der Waals surface area contributed by atoms with E-state index in [1.54, 1.807) is 18.2 Å². The van der Waals surface area contributed by atoms with Gasteiger partial charge in [-0.1, -0.05) is 12.1 Å². The highest BCUT2D eigenvalue weighted by Gasteiger charge is 2.43. The second-order valence-electron chi connectivity index (χ2n) is 7.18. The van der Waals surface area contributed by atoms with Crippen molar-refractivity contribution in [3.63, 3.8) is 0 Å². The first-order valence-electron chi connectivity index (χ1n) is 9.52. The normalized spacial score (nSPS) is 16.0. The van der Waals surface area contributed by atoms with Gasteiger partial charge in [-0.3, -0.25) is 9.78 Å². The van der Waals surface area contributed by atoms with Gasteiger partial charge in [0.2, 0.25) is 5.95 Å². The number of fused-ring (bicyclic) bond motifs is 2. The molecule has 4 aromatic rings. The molecule has 9 nitrogen and oxygen atoms in total. The summed E-state index contributed by atoms with van der Waals surface area (Å²) in [5.74, 6) is -0.109. The second kappa shape index (κ2) is 7.25. The number of para-hydroxylation sites is 2. The van der Waals surface area contributed by atoms with E-state index in [1.807, 2.05) is 0 Å². The molecule has 1 aliphatic heterocycles. The lowest BCUT2D eigenvalue weighted by Gasteiger charge is -2.06. The predicted molar refractivity (Wildman–Crippen MR) is 104 cm³/mol. The fraction of sp³-hybridized carbons (Fsp3) is 0.200. The van der Waals surface area contributed by atoms with Gasteiger partial charge in [0.1, 0.15) is 0 Å². The summed E-state index contributed by atoms with van der Waals surface area (Å²) in [7, 11) is 0. The highest BCUT2D eigenvalue weighted by Crippen LogP contribution is 2.42.